The number of nitrogens with zero attached hydrogens (tertiary/aromatic N) is 3. The molecule has 4 aromatic rings. The van der Waals surface area contributed by atoms with Gasteiger partial charge in [0, 0.05) is 17.0 Å². The number of amides is 1. The number of anilines is 1. The van der Waals surface area contributed by atoms with E-state index in [1.165, 1.54) is 28.0 Å². The van der Waals surface area contributed by atoms with E-state index in [9.17, 15) is 19.7 Å². The number of fused-ring (bicyclic) bond motifs is 1. The van der Waals surface area contributed by atoms with E-state index in [2.05, 4.69) is 5.32 Å². The molecule has 0 aliphatic carbocycles. The van der Waals surface area contributed by atoms with Gasteiger partial charge in [-0.25, -0.2) is 4.98 Å². The van der Waals surface area contributed by atoms with Crippen molar-refractivity contribution in [2.75, 3.05) is 11.1 Å². The van der Waals surface area contributed by atoms with E-state index in [-0.39, 0.29) is 22.9 Å². The van der Waals surface area contributed by atoms with Crippen molar-refractivity contribution < 1.29 is 9.72 Å². The lowest BCUT2D eigenvalue weighted by molar-refractivity contribution is -0.384. The number of hydrogen-bond donors (Lipinski definition) is 1. The SMILES string of the molecule is Cc1ccc([N+](=O)[O-])cc1NC(=O)CSc1nc2sc(C)c(C)c2c(=O)n1-c1ccccc1. The lowest BCUT2D eigenvalue weighted by Crippen LogP contribution is -2.23. The zero-order valence-corrected chi connectivity index (χ0v) is 19.8. The topological polar surface area (TPSA) is 107 Å². The number of benzene rings is 2. The molecule has 1 N–H and O–H groups in total. The lowest BCUT2D eigenvalue weighted by atomic mass is 10.2. The molecule has 0 fully saturated rings. The van der Waals surface area contributed by atoms with E-state index in [1.54, 1.807) is 13.0 Å². The van der Waals surface area contributed by atoms with Crippen molar-refractivity contribution in [2.45, 2.75) is 25.9 Å². The van der Waals surface area contributed by atoms with Gasteiger partial charge in [-0.1, -0.05) is 36.0 Å². The summed E-state index contributed by atoms with van der Waals surface area (Å²) in [5, 5.41) is 14.8. The van der Waals surface area contributed by atoms with E-state index in [1.807, 2.05) is 44.2 Å². The Morgan fingerprint density at radius 1 is 1.18 bits per heavy atom. The van der Waals surface area contributed by atoms with Crippen LogP contribution >= 0.6 is 23.1 Å². The van der Waals surface area contributed by atoms with Gasteiger partial charge in [0.1, 0.15) is 4.83 Å². The molecule has 10 heteroatoms. The number of carbonyl (C=O) groups is 1. The van der Waals surface area contributed by atoms with Crippen LogP contribution in [0.25, 0.3) is 15.9 Å². The number of para-hydroxylation sites is 1. The Bertz CT molecular complexity index is 1440. The van der Waals surface area contributed by atoms with Gasteiger partial charge in [-0.2, -0.15) is 0 Å². The first-order valence-corrected chi connectivity index (χ1v) is 11.8. The number of rotatable bonds is 6. The standard InChI is InChI=1S/C23H20N4O4S2/c1-13-9-10-17(27(30)31)11-18(13)24-19(28)12-32-23-25-21-20(14(2)15(3)33-21)22(29)26(23)16-7-5-4-6-8-16/h4-11H,12H2,1-3H3,(H,24,28). The highest BCUT2D eigenvalue weighted by Gasteiger charge is 2.19. The van der Waals surface area contributed by atoms with Crippen molar-refractivity contribution in [2.24, 2.45) is 0 Å². The fraction of sp³-hybridized carbons (Fsp3) is 0.174. The molecule has 0 saturated carbocycles. The third-order valence-electron chi connectivity index (χ3n) is 5.22. The van der Waals surface area contributed by atoms with Crippen LogP contribution in [0.3, 0.4) is 0 Å². The molecule has 0 atom stereocenters. The molecular formula is C23H20N4O4S2. The molecule has 0 aliphatic heterocycles. The normalized spacial score (nSPS) is 11.0. The molecule has 0 radical (unpaired) electrons. The minimum Gasteiger partial charge on any atom is -0.325 e. The summed E-state index contributed by atoms with van der Waals surface area (Å²) < 4.78 is 1.53. The molecule has 2 heterocycles. The largest absolute Gasteiger partial charge is 0.325 e. The van der Waals surface area contributed by atoms with Crippen LogP contribution < -0.4 is 10.9 Å². The quantitative estimate of drug-likeness (QED) is 0.180. The number of thioether (sulfide) groups is 1. The van der Waals surface area contributed by atoms with Crippen molar-refractivity contribution in [3.05, 3.63) is 85.0 Å². The van der Waals surface area contributed by atoms with Crippen LogP contribution in [0.4, 0.5) is 11.4 Å². The Kier molecular flexibility index (Phi) is 6.30. The fourth-order valence-corrected chi connectivity index (χ4v) is 5.23. The van der Waals surface area contributed by atoms with Crippen LogP contribution in [-0.2, 0) is 4.79 Å². The smallest absolute Gasteiger partial charge is 0.271 e. The number of carbonyl (C=O) groups excluding carboxylic acids is 1. The molecular weight excluding hydrogens is 460 g/mol. The summed E-state index contributed by atoms with van der Waals surface area (Å²) in [6.45, 7) is 5.63. The van der Waals surface area contributed by atoms with Crippen LogP contribution in [0.1, 0.15) is 16.0 Å². The summed E-state index contributed by atoms with van der Waals surface area (Å²) in [4.78, 5) is 43.0. The molecule has 0 saturated heterocycles. The fourth-order valence-electron chi connectivity index (χ4n) is 3.35. The van der Waals surface area contributed by atoms with Gasteiger partial charge in [-0.3, -0.25) is 24.3 Å². The van der Waals surface area contributed by atoms with Crippen molar-refractivity contribution in [1.29, 1.82) is 0 Å². The number of aromatic nitrogens is 2. The molecule has 8 nitrogen and oxygen atoms in total. The average Bonchev–Trinajstić information content (AvgIpc) is 3.07. The Morgan fingerprint density at radius 2 is 1.91 bits per heavy atom. The first-order chi connectivity index (χ1) is 15.8. The Hall–Kier alpha value is -3.50. The maximum absolute atomic E-state index is 13.4. The predicted octanol–water partition coefficient (Wildman–Crippen LogP) is 5.01. The summed E-state index contributed by atoms with van der Waals surface area (Å²) in [6, 6.07) is 13.5. The third-order valence-corrected chi connectivity index (χ3v) is 7.26. The van der Waals surface area contributed by atoms with Gasteiger partial charge in [-0.15, -0.1) is 11.3 Å². The molecule has 2 aromatic heterocycles. The van der Waals surface area contributed by atoms with E-state index < -0.39 is 4.92 Å². The maximum Gasteiger partial charge on any atom is 0.271 e. The molecule has 4 rings (SSSR count). The van der Waals surface area contributed by atoms with E-state index >= 15 is 0 Å². The summed E-state index contributed by atoms with van der Waals surface area (Å²) in [7, 11) is 0. The van der Waals surface area contributed by atoms with Crippen molar-refractivity contribution in [3.8, 4) is 5.69 Å². The summed E-state index contributed by atoms with van der Waals surface area (Å²) >= 11 is 2.59. The van der Waals surface area contributed by atoms with Gasteiger partial charge in [0.2, 0.25) is 5.91 Å². The van der Waals surface area contributed by atoms with Gasteiger partial charge in [0.05, 0.1) is 27.4 Å². The summed E-state index contributed by atoms with van der Waals surface area (Å²) in [5.74, 6) is -0.368. The van der Waals surface area contributed by atoms with Crippen LogP contribution in [0.15, 0.2) is 58.5 Å². The number of non-ortho nitro benzene ring substituents is 1. The second kappa shape index (κ2) is 9.16. The van der Waals surface area contributed by atoms with Crippen molar-refractivity contribution in [3.63, 3.8) is 0 Å². The maximum atomic E-state index is 13.4. The third kappa shape index (κ3) is 4.53. The van der Waals surface area contributed by atoms with Gasteiger partial charge in [-0.05, 0) is 44.0 Å². The predicted molar refractivity (Wildman–Crippen MR) is 132 cm³/mol. The molecule has 1 amide bonds. The highest BCUT2D eigenvalue weighted by molar-refractivity contribution is 7.99. The molecule has 0 bridgehead atoms. The Balaban J connectivity index is 1.66. The van der Waals surface area contributed by atoms with Gasteiger partial charge < -0.3 is 5.32 Å². The summed E-state index contributed by atoms with van der Waals surface area (Å²) in [5.41, 5.74) is 2.39. The van der Waals surface area contributed by atoms with Gasteiger partial charge >= 0.3 is 0 Å². The molecule has 2 aromatic carbocycles. The molecule has 33 heavy (non-hydrogen) atoms. The number of nitrogens with one attached hydrogen (secondary N) is 1. The van der Waals surface area contributed by atoms with Crippen LogP contribution in [0.2, 0.25) is 0 Å². The van der Waals surface area contributed by atoms with Crippen molar-refractivity contribution >= 4 is 50.6 Å². The molecule has 0 unspecified atom stereocenters. The highest BCUT2D eigenvalue weighted by Crippen LogP contribution is 2.30. The lowest BCUT2D eigenvalue weighted by Gasteiger charge is -2.13. The first kappa shape index (κ1) is 22.7. The zero-order chi connectivity index (χ0) is 23.7. The minimum absolute atomic E-state index is 0.0176. The number of nitro benzene ring substituents is 1. The van der Waals surface area contributed by atoms with Crippen LogP contribution in [0.5, 0.6) is 0 Å². The number of hydrogen-bond acceptors (Lipinski definition) is 7. The second-order valence-electron chi connectivity index (χ2n) is 7.43. The van der Waals surface area contributed by atoms with E-state index in [4.69, 9.17) is 4.98 Å². The molecule has 0 aliphatic rings. The Morgan fingerprint density at radius 3 is 2.61 bits per heavy atom. The molecule has 168 valence electrons. The van der Waals surface area contributed by atoms with Crippen LogP contribution in [0, 0.1) is 30.9 Å². The average molecular weight is 481 g/mol. The molecule has 0 spiro atoms. The number of thiophene rings is 1. The highest BCUT2D eigenvalue weighted by atomic mass is 32.2. The van der Waals surface area contributed by atoms with Gasteiger partial charge in [0.25, 0.3) is 11.2 Å². The van der Waals surface area contributed by atoms with E-state index in [0.29, 0.717) is 32.3 Å². The van der Waals surface area contributed by atoms with E-state index in [0.717, 1.165) is 22.2 Å². The minimum atomic E-state index is -0.507. The number of nitro groups is 1. The van der Waals surface area contributed by atoms with Crippen molar-refractivity contribution in [1.82, 2.24) is 9.55 Å². The zero-order valence-electron chi connectivity index (χ0n) is 18.1. The van der Waals surface area contributed by atoms with Gasteiger partial charge in [0.15, 0.2) is 5.16 Å². The summed E-state index contributed by atoms with van der Waals surface area (Å²) in [6.07, 6.45) is 0. The Labute approximate surface area is 197 Å². The number of aryl methyl sites for hydroxylation is 3. The monoisotopic (exact) mass is 480 g/mol. The second-order valence-corrected chi connectivity index (χ2v) is 9.57. The van der Waals surface area contributed by atoms with Crippen LogP contribution in [-0.4, -0.2) is 26.1 Å². The first-order valence-electron chi connectivity index (χ1n) is 10.0.